The lowest BCUT2D eigenvalue weighted by Crippen LogP contribution is -2.55. The van der Waals surface area contributed by atoms with Crippen LogP contribution in [0.5, 0.6) is 0 Å². The van der Waals surface area contributed by atoms with Gasteiger partial charge in [-0.1, -0.05) is 34.4 Å². The third-order valence-corrected chi connectivity index (χ3v) is 7.21. The number of aryl methyl sites for hydroxylation is 1. The molecular formula is C23H20Cl3F3N2O2. The molecule has 1 unspecified atom stereocenters. The smallest absolute Gasteiger partial charge is 0.374 e. The molecule has 2 aliphatic rings. The molecule has 2 aromatic rings. The van der Waals surface area contributed by atoms with Crippen LogP contribution in [0.4, 0.5) is 13.2 Å². The van der Waals surface area contributed by atoms with E-state index in [0.717, 1.165) is 19.3 Å². The minimum absolute atomic E-state index is 0.0607. The summed E-state index contributed by atoms with van der Waals surface area (Å²) in [6.45, 7) is 1.72. The van der Waals surface area contributed by atoms with E-state index in [-0.39, 0.29) is 27.2 Å². The molecule has 1 N–H and O–H groups in total. The van der Waals surface area contributed by atoms with Crippen molar-refractivity contribution in [3.8, 4) is 0 Å². The molecule has 1 aliphatic carbocycles. The van der Waals surface area contributed by atoms with E-state index in [9.17, 15) is 18.0 Å². The van der Waals surface area contributed by atoms with Crippen molar-refractivity contribution in [1.82, 2.24) is 5.32 Å². The average Bonchev–Trinajstić information content (AvgIpc) is 3.17. The lowest BCUT2D eigenvalue weighted by molar-refractivity contribution is -0.275. The Bertz CT molecular complexity index is 1110. The molecule has 4 nitrogen and oxygen atoms in total. The van der Waals surface area contributed by atoms with E-state index >= 15 is 0 Å². The summed E-state index contributed by atoms with van der Waals surface area (Å²) in [6.07, 6.45) is -2.70. The van der Waals surface area contributed by atoms with Gasteiger partial charge in [-0.25, -0.2) is 0 Å². The van der Waals surface area contributed by atoms with Crippen molar-refractivity contribution in [1.29, 1.82) is 0 Å². The topological polar surface area (TPSA) is 50.7 Å². The van der Waals surface area contributed by atoms with Gasteiger partial charge in [-0.05, 0) is 67.6 Å². The first-order valence-corrected chi connectivity index (χ1v) is 11.6. The summed E-state index contributed by atoms with van der Waals surface area (Å²) in [7, 11) is 0. The van der Waals surface area contributed by atoms with E-state index in [1.807, 2.05) is 0 Å². The van der Waals surface area contributed by atoms with Crippen molar-refractivity contribution in [3.63, 3.8) is 0 Å². The van der Waals surface area contributed by atoms with Gasteiger partial charge in [0.05, 0.1) is 11.3 Å². The number of nitrogens with zero attached hydrogens (tertiary/aromatic N) is 1. The zero-order valence-corrected chi connectivity index (χ0v) is 19.8. The zero-order chi connectivity index (χ0) is 24.0. The summed E-state index contributed by atoms with van der Waals surface area (Å²) >= 11 is 17.9. The normalized spacial score (nSPS) is 21.7. The fourth-order valence-corrected chi connectivity index (χ4v) is 5.01. The van der Waals surface area contributed by atoms with Crippen LogP contribution in [0, 0.1) is 6.92 Å². The molecule has 33 heavy (non-hydrogen) atoms. The lowest BCUT2D eigenvalue weighted by Gasteiger charge is -2.41. The van der Waals surface area contributed by atoms with Crippen LogP contribution < -0.4 is 5.32 Å². The highest BCUT2D eigenvalue weighted by Crippen LogP contribution is 2.49. The summed E-state index contributed by atoms with van der Waals surface area (Å²) in [5.41, 5.74) is -1.76. The fourth-order valence-electron chi connectivity index (χ4n) is 4.15. The fraction of sp³-hybridized carbons (Fsp3) is 0.391. The Morgan fingerprint density at radius 1 is 1.15 bits per heavy atom. The molecule has 1 saturated carbocycles. The molecule has 1 fully saturated rings. The van der Waals surface area contributed by atoms with Crippen LogP contribution in [0.25, 0.3) is 0 Å². The van der Waals surface area contributed by atoms with Crippen LogP contribution in [0.1, 0.15) is 52.7 Å². The highest BCUT2D eigenvalue weighted by Gasteiger charge is 2.62. The second kappa shape index (κ2) is 8.67. The van der Waals surface area contributed by atoms with Gasteiger partial charge in [0.2, 0.25) is 0 Å². The number of carbonyl (C=O) groups is 1. The van der Waals surface area contributed by atoms with Gasteiger partial charge in [0.25, 0.3) is 11.5 Å². The monoisotopic (exact) mass is 518 g/mol. The van der Waals surface area contributed by atoms with E-state index in [1.54, 1.807) is 25.1 Å². The van der Waals surface area contributed by atoms with E-state index in [0.29, 0.717) is 22.6 Å². The molecule has 0 bridgehead atoms. The molecule has 0 radical (unpaired) electrons. The van der Waals surface area contributed by atoms with E-state index in [4.69, 9.17) is 39.6 Å². The number of alkyl halides is 4. The number of benzene rings is 2. The van der Waals surface area contributed by atoms with E-state index in [2.05, 4.69) is 10.5 Å². The third kappa shape index (κ3) is 4.43. The number of amides is 1. The summed E-state index contributed by atoms with van der Waals surface area (Å²) in [5.74, 6) is 0.0686. The number of hydrogen-bond donors (Lipinski definition) is 1. The Kier molecular flexibility index (Phi) is 6.35. The van der Waals surface area contributed by atoms with Crippen LogP contribution in [0.3, 0.4) is 0 Å². The molecule has 0 spiro atoms. The summed E-state index contributed by atoms with van der Waals surface area (Å²) in [6, 6.07) is 8.46. The number of rotatable bonds is 5. The first-order valence-electron chi connectivity index (χ1n) is 10.3. The van der Waals surface area contributed by atoms with Gasteiger partial charge < -0.3 is 10.2 Å². The van der Waals surface area contributed by atoms with Gasteiger partial charge in [-0.2, -0.15) is 13.2 Å². The lowest BCUT2D eigenvalue weighted by atomic mass is 9.78. The van der Waals surface area contributed by atoms with Crippen molar-refractivity contribution in [2.45, 2.75) is 49.9 Å². The second-order valence-electron chi connectivity index (χ2n) is 8.54. The first kappa shape index (κ1) is 24.2. The second-order valence-corrected chi connectivity index (χ2v) is 9.68. The van der Waals surface area contributed by atoms with Gasteiger partial charge in [0.15, 0.2) is 0 Å². The molecular weight excluding hydrogens is 500 g/mol. The van der Waals surface area contributed by atoms with Gasteiger partial charge in [-0.3, -0.25) is 4.79 Å². The van der Waals surface area contributed by atoms with Gasteiger partial charge >= 0.3 is 6.18 Å². The largest absolute Gasteiger partial charge is 0.435 e. The maximum Gasteiger partial charge on any atom is 0.435 e. The highest BCUT2D eigenvalue weighted by atomic mass is 35.5. The molecule has 176 valence electrons. The Labute approximate surface area is 204 Å². The van der Waals surface area contributed by atoms with Crippen molar-refractivity contribution < 1.29 is 22.8 Å². The summed E-state index contributed by atoms with van der Waals surface area (Å²) in [4.78, 5) is 17.8. The predicted molar refractivity (Wildman–Crippen MR) is 122 cm³/mol. The highest BCUT2D eigenvalue weighted by molar-refractivity contribution is 6.34. The maximum absolute atomic E-state index is 14.2. The number of halogens is 6. The molecule has 1 amide bonds. The number of nitrogens with one attached hydrogen (secondary N) is 1. The Morgan fingerprint density at radius 2 is 1.82 bits per heavy atom. The van der Waals surface area contributed by atoms with Gasteiger partial charge in [0.1, 0.15) is 0 Å². The minimum atomic E-state index is -4.78. The number of hydrogen-bond acceptors (Lipinski definition) is 3. The summed E-state index contributed by atoms with van der Waals surface area (Å²) in [5, 5.41) is 6.88. The van der Waals surface area contributed by atoms with Crippen molar-refractivity contribution in [3.05, 3.63) is 68.7 Å². The van der Waals surface area contributed by atoms with E-state index in [1.165, 1.54) is 18.2 Å². The average molecular weight is 520 g/mol. The van der Waals surface area contributed by atoms with Crippen molar-refractivity contribution in [2.75, 3.05) is 5.88 Å². The van der Waals surface area contributed by atoms with Crippen LogP contribution >= 0.6 is 34.8 Å². The Morgan fingerprint density at radius 3 is 2.33 bits per heavy atom. The quantitative estimate of drug-likeness (QED) is 0.443. The standard InChI is InChI=1S/C23H20Cl3F3N2O2/c1-13-7-14(3-4-18(13)20(32)30-21(12-24)5-2-6-21)19-11-22(33-31-19,23(27,28)29)15-8-16(25)10-17(26)9-15/h3-4,7-10H,2,5-6,11-12H2,1H3,(H,30,32). The van der Waals surface area contributed by atoms with E-state index < -0.39 is 23.7 Å². The maximum atomic E-state index is 14.2. The Hall–Kier alpha value is -1.96. The van der Waals surface area contributed by atoms with Crippen LogP contribution in [-0.4, -0.2) is 29.2 Å². The van der Waals surface area contributed by atoms with Crippen molar-refractivity contribution >= 4 is 46.4 Å². The molecule has 2 aromatic carbocycles. The molecule has 0 saturated heterocycles. The predicted octanol–water partition coefficient (Wildman–Crippen LogP) is 6.78. The van der Waals surface area contributed by atoms with Crippen molar-refractivity contribution in [2.24, 2.45) is 5.16 Å². The molecule has 1 aliphatic heterocycles. The van der Waals surface area contributed by atoms with Crippen LogP contribution in [-0.2, 0) is 10.4 Å². The minimum Gasteiger partial charge on any atom is -0.374 e. The third-order valence-electron chi connectivity index (χ3n) is 6.26. The first-order chi connectivity index (χ1) is 15.5. The Balaban J connectivity index is 1.60. The summed E-state index contributed by atoms with van der Waals surface area (Å²) < 4.78 is 42.6. The van der Waals surface area contributed by atoms with Gasteiger partial charge in [0, 0.05) is 33.5 Å². The number of oxime groups is 1. The zero-order valence-electron chi connectivity index (χ0n) is 17.5. The molecule has 4 rings (SSSR count). The molecule has 1 heterocycles. The number of carbonyl (C=O) groups excluding carboxylic acids is 1. The van der Waals surface area contributed by atoms with Gasteiger partial charge in [-0.15, -0.1) is 11.6 Å². The van der Waals surface area contributed by atoms with Crippen LogP contribution in [0.2, 0.25) is 10.0 Å². The SMILES string of the molecule is Cc1cc(C2=NOC(c3cc(Cl)cc(Cl)c3)(C(F)(F)F)C2)ccc1C(=O)NC1(CCl)CCC1. The van der Waals surface area contributed by atoms with Crippen LogP contribution in [0.15, 0.2) is 41.6 Å². The molecule has 0 aromatic heterocycles. The molecule has 10 heteroatoms. The molecule has 1 atom stereocenters.